The van der Waals surface area contributed by atoms with Gasteiger partial charge in [-0.15, -0.1) is 0 Å². The van der Waals surface area contributed by atoms with Crippen molar-refractivity contribution in [3.63, 3.8) is 0 Å². The lowest BCUT2D eigenvalue weighted by Gasteiger charge is -2.58. The number of likely N-dealkylation sites (tertiary alicyclic amines) is 1. The number of nitrogens with one attached hydrogen (secondary N) is 1. The van der Waals surface area contributed by atoms with Gasteiger partial charge in [0, 0.05) is 74.1 Å². The lowest BCUT2D eigenvalue weighted by atomic mass is 9.61. The monoisotopic (exact) mass is 687 g/mol. The maximum Gasteiger partial charge on any atom is 0.410 e. The van der Waals surface area contributed by atoms with Crippen molar-refractivity contribution in [1.29, 1.82) is 0 Å². The van der Waals surface area contributed by atoms with Gasteiger partial charge < -0.3 is 29.3 Å². The molecule has 256 valence electrons. The van der Waals surface area contributed by atoms with Crippen molar-refractivity contribution in [1.82, 2.24) is 29.8 Å². The number of carbonyl (C=O) groups excluding carboxylic acids is 1. The lowest BCUT2D eigenvalue weighted by Crippen LogP contribution is -2.64. The van der Waals surface area contributed by atoms with Gasteiger partial charge in [-0.3, -0.25) is 4.68 Å². The van der Waals surface area contributed by atoms with Gasteiger partial charge in [0.2, 0.25) is 0 Å². The van der Waals surface area contributed by atoms with Crippen molar-refractivity contribution in [2.75, 3.05) is 57.9 Å². The van der Waals surface area contributed by atoms with Gasteiger partial charge >= 0.3 is 6.09 Å². The highest BCUT2D eigenvalue weighted by atomic mass is 35.5. The molecule has 3 saturated heterocycles. The van der Waals surface area contributed by atoms with Gasteiger partial charge in [-0.25, -0.2) is 9.48 Å². The molecule has 47 heavy (non-hydrogen) atoms. The van der Waals surface area contributed by atoms with E-state index in [0.717, 1.165) is 91.9 Å². The van der Waals surface area contributed by atoms with Crippen molar-refractivity contribution in [3.05, 3.63) is 28.0 Å². The Hall–Kier alpha value is -2.57. The van der Waals surface area contributed by atoms with Crippen molar-refractivity contribution >= 4 is 46.0 Å². The van der Waals surface area contributed by atoms with Crippen molar-refractivity contribution < 1.29 is 19.0 Å². The summed E-state index contributed by atoms with van der Waals surface area (Å²) in [5, 5.41) is 15.7. The third kappa shape index (κ3) is 5.79. The average molecular weight is 689 g/mol. The van der Waals surface area contributed by atoms with Crippen LogP contribution >= 0.6 is 23.2 Å². The fraction of sp³-hybridized carbons (Fsp3) is 0.676. The second kappa shape index (κ2) is 12.1. The number of rotatable bonds is 6. The number of fused-ring (bicyclic) bond motifs is 1. The number of halogens is 2. The number of nitrogens with zero attached hydrogens (tertiary/aromatic N) is 6. The first-order valence-corrected chi connectivity index (χ1v) is 17.6. The maximum atomic E-state index is 12.7. The molecule has 13 heteroatoms. The van der Waals surface area contributed by atoms with Crippen LogP contribution in [0.4, 0.5) is 10.6 Å². The van der Waals surface area contributed by atoms with Crippen LogP contribution in [0.5, 0.6) is 0 Å². The molecule has 1 amide bonds. The van der Waals surface area contributed by atoms with Crippen LogP contribution in [0.25, 0.3) is 22.0 Å². The number of amides is 1. The molecular weight excluding hydrogens is 641 g/mol. The molecule has 1 spiro atoms. The average Bonchev–Trinajstić information content (AvgIpc) is 3.53. The number of benzene rings is 1. The number of anilines is 1. The van der Waals surface area contributed by atoms with Crippen molar-refractivity contribution in [2.24, 2.45) is 5.41 Å². The Morgan fingerprint density at radius 3 is 2.62 bits per heavy atom. The van der Waals surface area contributed by atoms with E-state index in [4.69, 9.17) is 47.6 Å². The third-order valence-electron chi connectivity index (χ3n) is 10.4. The quantitative estimate of drug-likeness (QED) is 0.310. The fourth-order valence-electron chi connectivity index (χ4n) is 8.17. The minimum absolute atomic E-state index is 0.0992. The number of hydrogen-bond donors (Lipinski definition) is 1. The van der Waals surface area contributed by atoms with E-state index in [1.54, 1.807) is 7.11 Å². The largest absolute Gasteiger partial charge is 0.444 e. The van der Waals surface area contributed by atoms with Crippen LogP contribution in [0.3, 0.4) is 0 Å². The Morgan fingerprint density at radius 2 is 1.94 bits per heavy atom. The summed E-state index contributed by atoms with van der Waals surface area (Å²) in [6, 6.07) is 2.11. The molecule has 1 aromatic carbocycles. The van der Waals surface area contributed by atoms with E-state index in [0.29, 0.717) is 29.7 Å². The first-order chi connectivity index (χ1) is 22.3. The first-order valence-electron chi connectivity index (χ1n) is 16.8. The summed E-state index contributed by atoms with van der Waals surface area (Å²) in [5.41, 5.74) is 3.02. The Balaban J connectivity index is 1.28. The zero-order chi connectivity index (χ0) is 33.3. The second-order valence-electron chi connectivity index (χ2n) is 15.3. The van der Waals surface area contributed by atoms with E-state index in [2.05, 4.69) is 28.7 Å². The zero-order valence-electron chi connectivity index (χ0n) is 28.4. The van der Waals surface area contributed by atoms with Gasteiger partial charge in [-0.2, -0.15) is 10.2 Å². The Bertz CT molecular complexity index is 1660. The van der Waals surface area contributed by atoms with Gasteiger partial charge in [-0.05, 0) is 72.8 Å². The number of ether oxygens (including phenoxy) is 3. The Morgan fingerprint density at radius 1 is 1.17 bits per heavy atom. The maximum absolute atomic E-state index is 12.7. The van der Waals surface area contributed by atoms with E-state index in [1.807, 2.05) is 42.6 Å². The molecule has 1 aliphatic carbocycles. The fourth-order valence-corrected chi connectivity index (χ4v) is 8.61. The van der Waals surface area contributed by atoms with Gasteiger partial charge in [0.25, 0.3) is 0 Å². The summed E-state index contributed by atoms with van der Waals surface area (Å²) in [6.45, 7) is 15.1. The summed E-state index contributed by atoms with van der Waals surface area (Å²) in [6.07, 6.45) is 6.47. The number of methoxy groups -OCH3 is 1. The molecule has 2 atom stereocenters. The van der Waals surface area contributed by atoms with Crippen LogP contribution < -0.4 is 10.2 Å². The predicted molar refractivity (Wildman–Crippen MR) is 184 cm³/mol. The van der Waals surface area contributed by atoms with Crippen molar-refractivity contribution in [3.8, 4) is 11.1 Å². The molecule has 0 radical (unpaired) electrons. The van der Waals surface area contributed by atoms with Crippen LogP contribution in [0.2, 0.25) is 10.0 Å². The number of carbonyl (C=O) groups is 1. The van der Waals surface area contributed by atoms with E-state index >= 15 is 0 Å². The van der Waals surface area contributed by atoms with E-state index in [1.165, 1.54) is 0 Å². The van der Waals surface area contributed by atoms with E-state index in [-0.39, 0.29) is 29.3 Å². The molecule has 1 unspecified atom stereocenters. The summed E-state index contributed by atoms with van der Waals surface area (Å²) in [5.74, 6) is 0.876. The normalized spacial score (nSPS) is 24.9. The topological polar surface area (TPSA) is 98.9 Å². The molecule has 2 aromatic heterocycles. The molecule has 4 aliphatic rings. The Kier molecular flexibility index (Phi) is 8.47. The van der Waals surface area contributed by atoms with Gasteiger partial charge in [0.05, 0.1) is 39.9 Å². The summed E-state index contributed by atoms with van der Waals surface area (Å²) in [7, 11) is 1.74. The SMILES string of the molecule is COC[C@@]1(C)CNCCN1c1nn(C2CC3(C2)CN(C(=O)OC(C)(C)C)C3)c(C)c1-c1c(Cl)c(Cl)cc2c1cnn2C1CCCCO1. The highest BCUT2D eigenvalue weighted by Gasteiger charge is 2.56. The number of hydrogen-bond acceptors (Lipinski definition) is 8. The number of aromatic nitrogens is 4. The smallest absolute Gasteiger partial charge is 0.410 e. The number of piperazine rings is 1. The molecule has 1 saturated carbocycles. The van der Waals surface area contributed by atoms with Crippen LogP contribution in [-0.2, 0) is 14.2 Å². The minimum atomic E-state index is -0.505. The molecule has 0 bridgehead atoms. The summed E-state index contributed by atoms with van der Waals surface area (Å²) in [4.78, 5) is 16.9. The lowest BCUT2D eigenvalue weighted by molar-refractivity contribution is -0.0930. The van der Waals surface area contributed by atoms with Crippen molar-refractivity contribution in [2.45, 2.75) is 90.1 Å². The molecule has 5 heterocycles. The van der Waals surface area contributed by atoms with Gasteiger partial charge in [0.15, 0.2) is 12.0 Å². The zero-order valence-corrected chi connectivity index (χ0v) is 29.9. The second-order valence-corrected chi connectivity index (χ2v) is 16.1. The molecule has 7 rings (SSSR count). The highest BCUT2D eigenvalue weighted by molar-refractivity contribution is 6.45. The molecule has 3 aromatic rings. The molecule has 4 fully saturated rings. The van der Waals surface area contributed by atoms with E-state index < -0.39 is 5.60 Å². The predicted octanol–water partition coefficient (Wildman–Crippen LogP) is 6.60. The molecule has 1 N–H and O–H groups in total. The van der Waals surface area contributed by atoms with Gasteiger partial charge in [-0.1, -0.05) is 23.2 Å². The van der Waals surface area contributed by atoms with Crippen LogP contribution in [0.1, 0.15) is 77.8 Å². The van der Waals surface area contributed by atoms with E-state index in [9.17, 15) is 4.79 Å². The molecule has 3 aliphatic heterocycles. The highest BCUT2D eigenvalue weighted by Crippen LogP contribution is 2.56. The van der Waals surface area contributed by atoms with Crippen LogP contribution in [0.15, 0.2) is 12.3 Å². The summed E-state index contributed by atoms with van der Waals surface area (Å²) < 4.78 is 21.7. The standard InChI is InChI=1S/C34H47Cl2N7O4/c1-21-27(28-23-16-38-43(26-9-7-8-12-46-26)25(23)13-24(35)29(28)36)30(41-11-10-37-17-33(41,5)20-45-6)39-42(21)22-14-34(15-22)18-40(19-34)31(44)47-32(2,3)4/h13,16,22,26,37H,7-12,14-15,17-20H2,1-6H3/t26?,33-/m1/s1. The van der Waals surface area contributed by atoms with Crippen LogP contribution in [-0.4, -0.2) is 94.7 Å². The van der Waals surface area contributed by atoms with Gasteiger partial charge in [0.1, 0.15) is 5.60 Å². The Labute approximate surface area is 286 Å². The third-order valence-corrected chi connectivity index (χ3v) is 11.2. The molecular formula is C34H47Cl2N7O4. The summed E-state index contributed by atoms with van der Waals surface area (Å²) >= 11 is 14.1. The first kappa shape index (κ1) is 33.0. The molecule has 11 nitrogen and oxygen atoms in total. The minimum Gasteiger partial charge on any atom is -0.444 e. The van der Waals surface area contributed by atoms with Crippen LogP contribution in [0, 0.1) is 12.3 Å².